The van der Waals surface area contributed by atoms with Crippen LogP contribution < -0.4 is 0 Å². The Morgan fingerprint density at radius 3 is 1.39 bits per heavy atom. The number of hydrogen-bond acceptors (Lipinski definition) is 1. The van der Waals surface area contributed by atoms with E-state index < -0.39 is 0 Å². The van der Waals surface area contributed by atoms with Crippen LogP contribution in [0.1, 0.15) is 0 Å². The van der Waals surface area contributed by atoms with Crippen molar-refractivity contribution in [2.75, 3.05) is 0 Å². The van der Waals surface area contributed by atoms with Crippen LogP contribution in [0.15, 0.2) is 188 Å². The first-order valence-electron chi connectivity index (χ1n) is 18.5. The first kappa shape index (κ1) is 29.4. The molecule has 0 aliphatic carbocycles. The van der Waals surface area contributed by atoms with Gasteiger partial charge in [-0.2, -0.15) is 0 Å². The summed E-state index contributed by atoms with van der Waals surface area (Å²) in [5.74, 6) is 0.905. The summed E-state index contributed by atoms with van der Waals surface area (Å²) in [4.78, 5) is 5.43. The van der Waals surface area contributed by atoms with Gasteiger partial charge in [-0.15, -0.1) is 0 Å². The topological polar surface area (TPSA) is 22.8 Å². The van der Waals surface area contributed by atoms with Crippen molar-refractivity contribution in [3.63, 3.8) is 0 Å². The van der Waals surface area contributed by atoms with Crippen molar-refractivity contribution >= 4 is 65.2 Å². The second kappa shape index (κ2) is 11.1. The molecule has 0 spiro atoms. The molecule has 0 amide bonds. The van der Waals surface area contributed by atoms with Gasteiger partial charge in [-0.3, -0.25) is 4.57 Å². The van der Waals surface area contributed by atoms with Crippen LogP contribution in [-0.2, 0) is 0 Å². The van der Waals surface area contributed by atoms with Gasteiger partial charge in [-0.05, 0) is 104 Å². The third-order valence-corrected chi connectivity index (χ3v) is 11.4. The molecule has 3 nitrogen and oxygen atoms in total. The van der Waals surface area contributed by atoms with E-state index in [2.05, 4.69) is 197 Å². The Hall–Kier alpha value is -7.23. The lowest BCUT2D eigenvalue weighted by atomic mass is 9.94. The van der Waals surface area contributed by atoms with E-state index in [1.807, 2.05) is 0 Å². The molecule has 0 aliphatic rings. The molecule has 54 heavy (non-hydrogen) atoms. The molecule has 3 aromatic heterocycles. The van der Waals surface area contributed by atoms with Gasteiger partial charge in [0, 0.05) is 32.8 Å². The fourth-order valence-corrected chi connectivity index (χ4v) is 9.01. The molecule has 12 rings (SSSR count). The van der Waals surface area contributed by atoms with E-state index in [1.54, 1.807) is 0 Å². The van der Waals surface area contributed by atoms with Gasteiger partial charge in [-0.25, -0.2) is 4.98 Å². The SMILES string of the molecule is c1ccc(-c2cc(-c3ccccc3)nc(-n3c4cccc5ccc6cc(-c7cc8ccc9cccc%10c9c8c(c7)n%10-c7ccccc7)cc3c6c54)c2)cc1. The number of hydrogen-bond donors (Lipinski definition) is 0. The number of para-hydroxylation sites is 1. The van der Waals surface area contributed by atoms with E-state index in [0.717, 1.165) is 33.7 Å². The van der Waals surface area contributed by atoms with Crippen LogP contribution in [0.4, 0.5) is 0 Å². The molecule has 3 heteroatoms. The van der Waals surface area contributed by atoms with Crippen LogP contribution in [0.5, 0.6) is 0 Å². The van der Waals surface area contributed by atoms with E-state index in [9.17, 15) is 0 Å². The maximum absolute atomic E-state index is 5.43. The van der Waals surface area contributed by atoms with Crippen molar-refractivity contribution in [1.82, 2.24) is 14.1 Å². The van der Waals surface area contributed by atoms with Crippen LogP contribution in [0.2, 0.25) is 0 Å². The van der Waals surface area contributed by atoms with Crippen molar-refractivity contribution in [3.05, 3.63) is 188 Å². The summed E-state index contributed by atoms with van der Waals surface area (Å²) in [5.41, 5.74) is 12.7. The van der Waals surface area contributed by atoms with E-state index in [-0.39, 0.29) is 0 Å². The second-order valence-corrected chi connectivity index (χ2v) is 14.4. The molecule has 12 aromatic rings. The minimum Gasteiger partial charge on any atom is -0.309 e. The minimum atomic E-state index is 0.905. The monoisotopic (exact) mass is 685 g/mol. The van der Waals surface area contributed by atoms with Gasteiger partial charge in [0.15, 0.2) is 0 Å². The number of aromatic nitrogens is 3. The molecule has 0 atom stereocenters. The van der Waals surface area contributed by atoms with Gasteiger partial charge in [-0.1, -0.05) is 127 Å². The van der Waals surface area contributed by atoms with E-state index in [4.69, 9.17) is 4.98 Å². The maximum atomic E-state index is 5.43. The third kappa shape index (κ3) is 4.21. The van der Waals surface area contributed by atoms with E-state index >= 15 is 0 Å². The summed E-state index contributed by atoms with van der Waals surface area (Å²) < 4.78 is 4.83. The quantitative estimate of drug-likeness (QED) is 0.165. The van der Waals surface area contributed by atoms with Gasteiger partial charge in [0.1, 0.15) is 5.82 Å². The van der Waals surface area contributed by atoms with Crippen LogP contribution in [0.25, 0.3) is 110 Å². The molecular formula is C51H31N3. The maximum Gasteiger partial charge on any atom is 0.138 e. The number of nitrogens with zero attached hydrogens (tertiary/aromatic N) is 3. The average Bonchev–Trinajstić information content (AvgIpc) is 3.77. The fourth-order valence-electron chi connectivity index (χ4n) is 9.01. The lowest BCUT2D eigenvalue weighted by molar-refractivity contribution is 1.08. The third-order valence-electron chi connectivity index (χ3n) is 11.4. The van der Waals surface area contributed by atoms with Gasteiger partial charge in [0.05, 0.1) is 27.8 Å². The predicted molar refractivity (Wildman–Crippen MR) is 227 cm³/mol. The Morgan fingerprint density at radius 1 is 0.296 bits per heavy atom. The average molecular weight is 686 g/mol. The molecule has 0 saturated carbocycles. The number of pyridine rings is 1. The number of benzene rings is 9. The zero-order chi connectivity index (χ0) is 35.3. The van der Waals surface area contributed by atoms with Crippen LogP contribution >= 0.6 is 0 Å². The molecule has 0 aliphatic heterocycles. The molecule has 0 bridgehead atoms. The van der Waals surface area contributed by atoms with Gasteiger partial charge < -0.3 is 4.57 Å². The van der Waals surface area contributed by atoms with E-state index in [0.29, 0.717) is 0 Å². The summed E-state index contributed by atoms with van der Waals surface area (Å²) in [5, 5.41) is 10.1. The van der Waals surface area contributed by atoms with E-state index in [1.165, 1.54) is 76.5 Å². The Kier molecular flexibility index (Phi) is 6.05. The zero-order valence-electron chi connectivity index (χ0n) is 29.2. The predicted octanol–water partition coefficient (Wildman–Crippen LogP) is 13.5. The molecule has 250 valence electrons. The summed E-state index contributed by atoms with van der Waals surface area (Å²) in [6, 6.07) is 68.4. The molecular weight excluding hydrogens is 655 g/mol. The molecule has 0 unspecified atom stereocenters. The first-order valence-corrected chi connectivity index (χ1v) is 18.5. The second-order valence-electron chi connectivity index (χ2n) is 14.4. The Morgan fingerprint density at radius 2 is 0.778 bits per heavy atom. The molecule has 0 fully saturated rings. The van der Waals surface area contributed by atoms with Gasteiger partial charge in [0.2, 0.25) is 0 Å². The van der Waals surface area contributed by atoms with Crippen LogP contribution in [0.3, 0.4) is 0 Å². The highest BCUT2D eigenvalue weighted by Crippen LogP contribution is 2.44. The van der Waals surface area contributed by atoms with Crippen molar-refractivity contribution < 1.29 is 0 Å². The molecule has 0 N–H and O–H groups in total. The molecule has 3 heterocycles. The smallest absolute Gasteiger partial charge is 0.138 e. The molecule has 9 aromatic carbocycles. The van der Waals surface area contributed by atoms with Crippen LogP contribution in [0, 0.1) is 0 Å². The molecule has 0 saturated heterocycles. The Bertz CT molecular complexity index is 3300. The summed E-state index contributed by atoms with van der Waals surface area (Å²) in [6.45, 7) is 0. The van der Waals surface area contributed by atoms with Crippen molar-refractivity contribution in [2.45, 2.75) is 0 Å². The summed E-state index contributed by atoms with van der Waals surface area (Å²) in [6.07, 6.45) is 0. The highest BCUT2D eigenvalue weighted by Gasteiger charge is 2.22. The Balaban J connectivity index is 1.16. The number of rotatable bonds is 5. The standard InChI is InChI=1S/C51H31N3/c1-4-12-32(13-5-1)40-28-42(33-14-6-2-7-15-33)52-47(31-40)54-44-21-11-17-35-23-25-37-27-39(30-46(54)51(37)49(35)44)38-26-36-24-22-34-16-10-20-43-48(34)50(36)45(29-38)53(43)41-18-8-3-9-19-41/h1-31H. The zero-order valence-corrected chi connectivity index (χ0v) is 29.2. The van der Waals surface area contributed by atoms with Crippen molar-refractivity contribution in [2.24, 2.45) is 0 Å². The fraction of sp³-hybridized carbons (Fsp3) is 0. The highest BCUT2D eigenvalue weighted by molar-refractivity contribution is 6.27. The minimum absolute atomic E-state index is 0.905. The lowest BCUT2D eigenvalue weighted by Crippen LogP contribution is -2.00. The largest absolute Gasteiger partial charge is 0.309 e. The first-order chi connectivity index (χ1) is 26.8. The normalized spacial score (nSPS) is 12.1. The Labute approximate surface area is 311 Å². The van der Waals surface area contributed by atoms with Gasteiger partial charge >= 0.3 is 0 Å². The lowest BCUT2D eigenvalue weighted by Gasteiger charge is -2.14. The summed E-state index contributed by atoms with van der Waals surface area (Å²) >= 11 is 0. The summed E-state index contributed by atoms with van der Waals surface area (Å²) in [7, 11) is 0. The van der Waals surface area contributed by atoms with Gasteiger partial charge in [0.25, 0.3) is 0 Å². The molecule has 0 radical (unpaired) electrons. The highest BCUT2D eigenvalue weighted by atomic mass is 15.1. The van der Waals surface area contributed by atoms with Crippen LogP contribution in [-0.4, -0.2) is 14.1 Å². The van der Waals surface area contributed by atoms with Crippen molar-refractivity contribution in [1.29, 1.82) is 0 Å². The van der Waals surface area contributed by atoms with Crippen molar-refractivity contribution in [3.8, 4) is 45.0 Å².